The molecule has 0 aromatic carbocycles. The van der Waals surface area contributed by atoms with Gasteiger partial charge in [0.25, 0.3) is 0 Å². The normalized spacial score (nSPS) is 12.4. The molecule has 0 fully saturated rings. The Morgan fingerprint density at radius 2 is 0.514 bits per heavy atom. The lowest BCUT2D eigenvalue weighted by Gasteiger charge is -2.16. The van der Waals surface area contributed by atoms with Crippen molar-refractivity contribution in [2.24, 2.45) is 5.92 Å². The molecular formula is C37H75. The molecule has 223 valence electrons. The van der Waals surface area contributed by atoms with Gasteiger partial charge in [-0.3, -0.25) is 0 Å². The first-order chi connectivity index (χ1) is 18.3. The Bertz CT molecular complexity index is 372. The fourth-order valence-corrected chi connectivity index (χ4v) is 6.12. The van der Waals surface area contributed by atoms with Crippen molar-refractivity contribution in [1.82, 2.24) is 0 Å². The van der Waals surface area contributed by atoms with Crippen molar-refractivity contribution in [1.29, 1.82) is 0 Å². The van der Waals surface area contributed by atoms with Crippen LogP contribution < -0.4 is 0 Å². The fourth-order valence-electron chi connectivity index (χ4n) is 6.12. The molecule has 0 heterocycles. The largest absolute Gasteiger partial charge is 0.0654 e. The maximum absolute atomic E-state index is 4.10. The van der Waals surface area contributed by atoms with Gasteiger partial charge in [-0.25, -0.2) is 0 Å². The van der Waals surface area contributed by atoms with Gasteiger partial charge in [0, 0.05) is 0 Å². The summed E-state index contributed by atoms with van der Waals surface area (Å²) in [6.07, 6.45) is 48.1. The zero-order valence-corrected chi connectivity index (χ0v) is 26.6. The Morgan fingerprint density at radius 1 is 0.297 bits per heavy atom. The van der Waals surface area contributed by atoms with Gasteiger partial charge in [0.15, 0.2) is 0 Å². The molecule has 1 radical (unpaired) electrons. The zero-order valence-electron chi connectivity index (χ0n) is 26.6. The maximum Gasteiger partial charge on any atom is -0.0414 e. The highest BCUT2D eigenvalue weighted by molar-refractivity contribution is 4.62. The van der Waals surface area contributed by atoms with Gasteiger partial charge in [0.2, 0.25) is 0 Å². The van der Waals surface area contributed by atoms with Crippen LogP contribution in [0.4, 0.5) is 0 Å². The molecular weight excluding hydrogens is 444 g/mol. The van der Waals surface area contributed by atoms with Gasteiger partial charge in [-0.15, -0.1) is 0 Å². The smallest absolute Gasteiger partial charge is 0.0414 e. The van der Waals surface area contributed by atoms with E-state index in [-0.39, 0.29) is 0 Å². The summed E-state index contributed by atoms with van der Waals surface area (Å²) in [5.74, 6) is 0.997. The third-order valence-electron chi connectivity index (χ3n) is 8.79. The summed E-state index contributed by atoms with van der Waals surface area (Å²) in [4.78, 5) is 0. The molecule has 1 atom stereocenters. The SMILES string of the molecule is [CH2]CCCC(CCCCCCCCCCCCCCC)CCCCCCCCCCCCCCCCC. The average molecular weight is 520 g/mol. The lowest BCUT2D eigenvalue weighted by atomic mass is 9.90. The van der Waals surface area contributed by atoms with E-state index in [0.29, 0.717) is 0 Å². The first-order valence-corrected chi connectivity index (χ1v) is 18.1. The van der Waals surface area contributed by atoms with Crippen molar-refractivity contribution >= 4 is 0 Å². The third-order valence-corrected chi connectivity index (χ3v) is 8.79. The highest BCUT2D eigenvalue weighted by Crippen LogP contribution is 2.24. The Hall–Kier alpha value is 0. The molecule has 0 rings (SSSR count). The molecule has 1 unspecified atom stereocenters. The zero-order chi connectivity index (χ0) is 26.9. The van der Waals surface area contributed by atoms with E-state index in [1.807, 2.05) is 0 Å². The van der Waals surface area contributed by atoms with Crippen LogP contribution in [0.15, 0.2) is 0 Å². The topological polar surface area (TPSA) is 0 Å². The van der Waals surface area contributed by atoms with Gasteiger partial charge in [0.1, 0.15) is 0 Å². The molecule has 0 aromatic rings. The minimum Gasteiger partial charge on any atom is -0.0654 e. The van der Waals surface area contributed by atoms with Crippen LogP contribution in [0.3, 0.4) is 0 Å². The molecule has 0 heteroatoms. The Labute approximate surface area is 238 Å². The van der Waals surface area contributed by atoms with Crippen LogP contribution in [0, 0.1) is 12.8 Å². The Balaban J connectivity index is 3.46. The second-order valence-corrected chi connectivity index (χ2v) is 12.6. The van der Waals surface area contributed by atoms with Crippen molar-refractivity contribution in [2.75, 3.05) is 0 Å². The summed E-state index contributed by atoms with van der Waals surface area (Å²) < 4.78 is 0. The summed E-state index contributed by atoms with van der Waals surface area (Å²) in [7, 11) is 0. The van der Waals surface area contributed by atoms with Crippen molar-refractivity contribution in [3.05, 3.63) is 6.92 Å². The Morgan fingerprint density at radius 3 is 0.757 bits per heavy atom. The van der Waals surface area contributed by atoms with Crippen LogP contribution in [0.1, 0.15) is 226 Å². The highest BCUT2D eigenvalue weighted by atomic mass is 14.1. The molecule has 0 aromatic heterocycles. The molecule has 0 saturated heterocycles. The first-order valence-electron chi connectivity index (χ1n) is 18.1. The van der Waals surface area contributed by atoms with Crippen LogP contribution in [-0.2, 0) is 0 Å². The van der Waals surface area contributed by atoms with Crippen molar-refractivity contribution in [2.45, 2.75) is 226 Å². The lowest BCUT2D eigenvalue weighted by Crippen LogP contribution is -2.01. The maximum atomic E-state index is 4.10. The van der Waals surface area contributed by atoms with E-state index in [2.05, 4.69) is 20.8 Å². The summed E-state index contributed by atoms with van der Waals surface area (Å²) in [6.45, 7) is 8.72. The lowest BCUT2D eigenvalue weighted by molar-refractivity contribution is 0.372. The molecule has 0 N–H and O–H groups in total. The third kappa shape index (κ3) is 32.1. The minimum absolute atomic E-state index is 0.997. The molecule has 0 amide bonds. The van der Waals surface area contributed by atoms with Crippen LogP contribution in [0.2, 0.25) is 0 Å². The number of rotatable bonds is 33. The average Bonchev–Trinajstić information content (AvgIpc) is 2.91. The van der Waals surface area contributed by atoms with Crippen LogP contribution in [0.25, 0.3) is 0 Å². The van der Waals surface area contributed by atoms with E-state index < -0.39 is 0 Å². The monoisotopic (exact) mass is 520 g/mol. The van der Waals surface area contributed by atoms with Crippen molar-refractivity contribution < 1.29 is 0 Å². The molecule has 0 aliphatic heterocycles. The number of hydrogen-bond donors (Lipinski definition) is 0. The van der Waals surface area contributed by atoms with Gasteiger partial charge < -0.3 is 0 Å². The predicted molar refractivity (Wildman–Crippen MR) is 173 cm³/mol. The summed E-state index contributed by atoms with van der Waals surface area (Å²) in [5, 5.41) is 0. The Kier molecular flexibility index (Phi) is 34.0. The van der Waals surface area contributed by atoms with Crippen LogP contribution in [-0.4, -0.2) is 0 Å². The molecule has 0 aliphatic rings. The number of unbranched alkanes of at least 4 members (excludes halogenated alkanes) is 27. The molecule has 0 nitrogen and oxygen atoms in total. The molecule has 37 heavy (non-hydrogen) atoms. The van der Waals surface area contributed by atoms with E-state index in [1.54, 1.807) is 0 Å². The van der Waals surface area contributed by atoms with Gasteiger partial charge in [-0.2, -0.15) is 0 Å². The van der Waals surface area contributed by atoms with E-state index in [0.717, 1.165) is 12.3 Å². The standard InChI is InChI=1S/C37H75/c1-4-7-10-12-14-16-18-20-21-23-25-27-29-31-33-36-37(34-9-6-3)35-32-30-28-26-24-22-19-17-15-13-11-8-5-2/h37H,3-36H2,1-2H3. The first kappa shape index (κ1) is 37.0. The van der Waals surface area contributed by atoms with Crippen LogP contribution in [0.5, 0.6) is 0 Å². The van der Waals surface area contributed by atoms with E-state index in [9.17, 15) is 0 Å². The van der Waals surface area contributed by atoms with Gasteiger partial charge in [0.05, 0.1) is 0 Å². The summed E-state index contributed by atoms with van der Waals surface area (Å²) >= 11 is 0. The van der Waals surface area contributed by atoms with E-state index in [1.165, 1.54) is 205 Å². The van der Waals surface area contributed by atoms with Crippen molar-refractivity contribution in [3.63, 3.8) is 0 Å². The molecule has 0 saturated carbocycles. The summed E-state index contributed by atoms with van der Waals surface area (Å²) in [6, 6.07) is 0. The quantitative estimate of drug-likeness (QED) is 0.0756. The van der Waals surface area contributed by atoms with E-state index >= 15 is 0 Å². The molecule has 0 spiro atoms. The second-order valence-electron chi connectivity index (χ2n) is 12.6. The van der Waals surface area contributed by atoms with Crippen molar-refractivity contribution in [3.8, 4) is 0 Å². The fraction of sp³-hybridized carbons (Fsp3) is 0.973. The molecule has 0 aliphatic carbocycles. The van der Waals surface area contributed by atoms with Gasteiger partial charge in [-0.05, 0) is 5.92 Å². The summed E-state index contributed by atoms with van der Waals surface area (Å²) in [5.41, 5.74) is 0. The predicted octanol–water partition coefficient (Wildman–Crippen LogP) is 14.3. The van der Waals surface area contributed by atoms with E-state index in [4.69, 9.17) is 0 Å². The van der Waals surface area contributed by atoms with Gasteiger partial charge >= 0.3 is 0 Å². The molecule has 0 bridgehead atoms. The van der Waals surface area contributed by atoms with Crippen LogP contribution >= 0.6 is 0 Å². The number of hydrogen-bond acceptors (Lipinski definition) is 0. The highest BCUT2D eigenvalue weighted by Gasteiger charge is 2.08. The van der Waals surface area contributed by atoms with Gasteiger partial charge in [-0.1, -0.05) is 233 Å². The second kappa shape index (κ2) is 34.0. The minimum atomic E-state index is 0.997.